The van der Waals surface area contributed by atoms with E-state index >= 15 is 0 Å². The smallest absolute Gasteiger partial charge is 0.255 e. The average molecular weight is 335 g/mol. The summed E-state index contributed by atoms with van der Waals surface area (Å²) in [4.78, 5) is 13.2. The molecule has 0 bridgehead atoms. The van der Waals surface area contributed by atoms with Crippen LogP contribution in [0, 0.1) is 11.3 Å². The van der Waals surface area contributed by atoms with Crippen molar-refractivity contribution in [3.63, 3.8) is 0 Å². The summed E-state index contributed by atoms with van der Waals surface area (Å²) in [5.74, 6) is -0.215. The standard InChI is InChI=1S/C17H13N5OS/c1-22-11-19-21-17(22)24-15-8-6-14(7-9-15)20-16(23)13-4-2-12(10-18)3-5-13/h2-9,11H,1H3,(H,20,23). The molecule has 6 nitrogen and oxygen atoms in total. The number of amides is 1. The fourth-order valence-electron chi connectivity index (χ4n) is 1.98. The molecule has 3 rings (SSSR count). The van der Waals surface area contributed by atoms with Crippen molar-refractivity contribution in [1.82, 2.24) is 14.8 Å². The van der Waals surface area contributed by atoms with Gasteiger partial charge in [-0.3, -0.25) is 4.79 Å². The Labute approximate surface area is 143 Å². The van der Waals surface area contributed by atoms with E-state index < -0.39 is 0 Å². The van der Waals surface area contributed by atoms with Crippen LogP contribution in [0.3, 0.4) is 0 Å². The zero-order chi connectivity index (χ0) is 16.9. The molecule has 0 saturated carbocycles. The molecule has 1 N–H and O–H groups in total. The minimum Gasteiger partial charge on any atom is -0.322 e. The molecule has 118 valence electrons. The Morgan fingerprint density at radius 1 is 1.17 bits per heavy atom. The number of anilines is 1. The van der Waals surface area contributed by atoms with E-state index in [1.54, 1.807) is 30.6 Å². The summed E-state index contributed by atoms with van der Waals surface area (Å²) < 4.78 is 1.84. The lowest BCUT2D eigenvalue weighted by molar-refractivity contribution is 0.102. The summed E-state index contributed by atoms with van der Waals surface area (Å²) in [5, 5.41) is 20.3. The van der Waals surface area contributed by atoms with Gasteiger partial charge in [-0.2, -0.15) is 5.26 Å². The zero-order valence-electron chi connectivity index (χ0n) is 12.8. The third-order valence-corrected chi connectivity index (χ3v) is 4.33. The van der Waals surface area contributed by atoms with E-state index in [9.17, 15) is 4.79 Å². The first-order valence-corrected chi connectivity index (χ1v) is 7.91. The Morgan fingerprint density at radius 3 is 2.46 bits per heavy atom. The lowest BCUT2D eigenvalue weighted by atomic mass is 10.1. The van der Waals surface area contributed by atoms with Gasteiger partial charge in [0.15, 0.2) is 5.16 Å². The Morgan fingerprint density at radius 2 is 1.88 bits per heavy atom. The van der Waals surface area contributed by atoms with Gasteiger partial charge in [-0.05, 0) is 60.3 Å². The fraction of sp³-hybridized carbons (Fsp3) is 0.0588. The molecule has 0 aliphatic rings. The van der Waals surface area contributed by atoms with Crippen molar-refractivity contribution in [2.45, 2.75) is 10.1 Å². The fourth-order valence-corrected chi connectivity index (χ4v) is 2.74. The van der Waals surface area contributed by atoms with E-state index in [4.69, 9.17) is 5.26 Å². The Hall–Kier alpha value is -3.11. The van der Waals surface area contributed by atoms with E-state index in [-0.39, 0.29) is 5.91 Å². The second kappa shape index (κ2) is 6.98. The Bertz CT molecular complexity index is 894. The molecular weight excluding hydrogens is 322 g/mol. The quantitative estimate of drug-likeness (QED) is 0.792. The summed E-state index contributed by atoms with van der Waals surface area (Å²) >= 11 is 1.49. The van der Waals surface area contributed by atoms with E-state index in [1.807, 2.05) is 41.9 Å². The maximum Gasteiger partial charge on any atom is 0.255 e. The molecule has 1 amide bonds. The topological polar surface area (TPSA) is 83.6 Å². The number of aryl methyl sites for hydroxylation is 1. The molecule has 0 saturated heterocycles. The molecule has 3 aromatic rings. The van der Waals surface area contributed by atoms with Gasteiger partial charge in [0.05, 0.1) is 11.6 Å². The first kappa shape index (κ1) is 15.8. The van der Waals surface area contributed by atoms with E-state index in [1.165, 1.54) is 11.8 Å². The zero-order valence-corrected chi connectivity index (χ0v) is 13.6. The van der Waals surface area contributed by atoms with Gasteiger partial charge in [-0.25, -0.2) is 0 Å². The van der Waals surface area contributed by atoms with Crippen LogP contribution in [0.25, 0.3) is 0 Å². The number of carbonyl (C=O) groups is 1. The van der Waals surface area contributed by atoms with Gasteiger partial charge in [-0.1, -0.05) is 0 Å². The number of hydrogen-bond donors (Lipinski definition) is 1. The van der Waals surface area contributed by atoms with Crippen molar-refractivity contribution < 1.29 is 4.79 Å². The summed E-state index contributed by atoms with van der Waals surface area (Å²) in [6.45, 7) is 0. The lowest BCUT2D eigenvalue weighted by Crippen LogP contribution is -2.11. The van der Waals surface area contributed by atoms with Crippen molar-refractivity contribution in [1.29, 1.82) is 5.26 Å². The number of aromatic nitrogens is 3. The summed E-state index contributed by atoms with van der Waals surface area (Å²) in [7, 11) is 1.88. The first-order valence-electron chi connectivity index (χ1n) is 7.09. The van der Waals surface area contributed by atoms with Crippen LogP contribution in [-0.2, 0) is 7.05 Å². The van der Waals surface area contributed by atoms with Crippen LogP contribution in [-0.4, -0.2) is 20.7 Å². The summed E-state index contributed by atoms with van der Waals surface area (Å²) in [6, 6.07) is 16.0. The molecule has 0 radical (unpaired) electrons. The van der Waals surface area contributed by atoms with Crippen LogP contribution in [0.2, 0.25) is 0 Å². The third kappa shape index (κ3) is 3.62. The van der Waals surface area contributed by atoms with E-state index in [2.05, 4.69) is 15.5 Å². The van der Waals surface area contributed by atoms with Crippen LogP contribution in [0.15, 0.2) is 64.9 Å². The number of rotatable bonds is 4. The van der Waals surface area contributed by atoms with Gasteiger partial charge < -0.3 is 9.88 Å². The maximum atomic E-state index is 12.2. The SMILES string of the molecule is Cn1cnnc1Sc1ccc(NC(=O)c2ccc(C#N)cc2)cc1. The molecule has 0 aliphatic carbocycles. The number of carbonyl (C=O) groups excluding carboxylic acids is 1. The second-order valence-electron chi connectivity index (χ2n) is 4.99. The summed E-state index contributed by atoms with van der Waals surface area (Å²) in [6.07, 6.45) is 1.65. The number of nitrogens with zero attached hydrogens (tertiary/aromatic N) is 4. The van der Waals surface area contributed by atoms with E-state index in [0.29, 0.717) is 16.8 Å². The van der Waals surface area contributed by atoms with Gasteiger partial charge in [0.2, 0.25) is 0 Å². The third-order valence-electron chi connectivity index (χ3n) is 3.27. The Balaban J connectivity index is 1.66. The molecule has 1 aromatic heterocycles. The number of nitriles is 1. The van der Waals surface area contributed by atoms with Crippen LogP contribution < -0.4 is 5.32 Å². The average Bonchev–Trinajstić information content (AvgIpc) is 3.01. The van der Waals surface area contributed by atoms with Crippen molar-refractivity contribution in [2.75, 3.05) is 5.32 Å². The van der Waals surface area contributed by atoms with Gasteiger partial charge in [0.25, 0.3) is 5.91 Å². The predicted molar refractivity (Wildman–Crippen MR) is 90.7 cm³/mol. The van der Waals surface area contributed by atoms with Crippen molar-refractivity contribution in [3.05, 3.63) is 66.0 Å². The molecule has 24 heavy (non-hydrogen) atoms. The van der Waals surface area contributed by atoms with Crippen LogP contribution in [0.5, 0.6) is 0 Å². The lowest BCUT2D eigenvalue weighted by Gasteiger charge is -2.06. The minimum absolute atomic E-state index is 0.215. The molecule has 0 spiro atoms. The van der Waals surface area contributed by atoms with Crippen LogP contribution in [0.1, 0.15) is 15.9 Å². The predicted octanol–water partition coefficient (Wildman–Crippen LogP) is 3.09. The molecule has 0 aliphatic heterocycles. The molecule has 0 fully saturated rings. The van der Waals surface area contributed by atoms with Gasteiger partial charge >= 0.3 is 0 Å². The van der Waals surface area contributed by atoms with Crippen molar-refractivity contribution in [3.8, 4) is 6.07 Å². The normalized spacial score (nSPS) is 10.2. The highest BCUT2D eigenvalue weighted by molar-refractivity contribution is 7.99. The monoisotopic (exact) mass is 335 g/mol. The minimum atomic E-state index is -0.215. The van der Waals surface area contributed by atoms with Crippen LogP contribution in [0.4, 0.5) is 5.69 Å². The largest absolute Gasteiger partial charge is 0.322 e. The molecule has 0 unspecified atom stereocenters. The van der Waals surface area contributed by atoms with Crippen molar-refractivity contribution in [2.24, 2.45) is 7.05 Å². The second-order valence-corrected chi connectivity index (χ2v) is 6.03. The number of nitrogens with one attached hydrogen (secondary N) is 1. The van der Waals surface area contributed by atoms with E-state index in [0.717, 1.165) is 10.1 Å². The highest BCUT2D eigenvalue weighted by Crippen LogP contribution is 2.26. The van der Waals surface area contributed by atoms with Gasteiger partial charge in [-0.15, -0.1) is 10.2 Å². The molecule has 0 atom stereocenters. The summed E-state index contributed by atoms with van der Waals surface area (Å²) in [5.41, 5.74) is 1.73. The molecule has 7 heteroatoms. The number of hydrogen-bond acceptors (Lipinski definition) is 5. The molecular formula is C17H13N5OS. The Kier molecular flexibility index (Phi) is 4.59. The van der Waals surface area contributed by atoms with Crippen LogP contribution >= 0.6 is 11.8 Å². The molecule has 2 aromatic carbocycles. The number of benzene rings is 2. The van der Waals surface area contributed by atoms with Gasteiger partial charge in [0.1, 0.15) is 6.33 Å². The van der Waals surface area contributed by atoms with Gasteiger partial charge in [0, 0.05) is 23.2 Å². The maximum absolute atomic E-state index is 12.2. The highest BCUT2D eigenvalue weighted by Gasteiger charge is 2.07. The molecule has 1 heterocycles. The first-order chi connectivity index (χ1) is 11.7. The van der Waals surface area contributed by atoms with Crippen molar-refractivity contribution >= 4 is 23.4 Å². The highest BCUT2D eigenvalue weighted by atomic mass is 32.2.